The van der Waals surface area contributed by atoms with Gasteiger partial charge in [-0.05, 0) is 37.5 Å². The summed E-state index contributed by atoms with van der Waals surface area (Å²) < 4.78 is 26.5. The van der Waals surface area contributed by atoms with Crippen molar-refractivity contribution in [3.8, 4) is 0 Å². The number of aliphatic hydroxyl groups excluding tert-OH is 1. The minimum absolute atomic E-state index is 0.0000463. The first-order valence-electron chi connectivity index (χ1n) is 7.19. The van der Waals surface area contributed by atoms with Crippen molar-refractivity contribution in [3.05, 3.63) is 35.4 Å². The number of benzene rings is 1. The zero-order valence-electron chi connectivity index (χ0n) is 11.8. The highest BCUT2D eigenvalue weighted by Gasteiger charge is 2.17. The number of amides is 1. The highest BCUT2D eigenvalue weighted by molar-refractivity contribution is 5.78. The Morgan fingerprint density at radius 2 is 2.00 bits per heavy atom. The molecular weight excluding hydrogens is 278 g/mol. The van der Waals surface area contributed by atoms with Crippen molar-refractivity contribution >= 4 is 5.91 Å². The van der Waals surface area contributed by atoms with Crippen molar-refractivity contribution in [2.45, 2.75) is 25.4 Å². The second-order valence-corrected chi connectivity index (χ2v) is 5.25. The molecule has 1 fully saturated rings. The van der Waals surface area contributed by atoms with Gasteiger partial charge in [-0.2, -0.15) is 0 Å². The van der Waals surface area contributed by atoms with Crippen LogP contribution in [0.2, 0.25) is 0 Å². The first-order chi connectivity index (χ1) is 10.1. The highest BCUT2D eigenvalue weighted by atomic mass is 19.1. The van der Waals surface area contributed by atoms with Crippen molar-refractivity contribution in [2.24, 2.45) is 0 Å². The van der Waals surface area contributed by atoms with Crippen LogP contribution >= 0.6 is 0 Å². The summed E-state index contributed by atoms with van der Waals surface area (Å²) >= 11 is 0. The lowest BCUT2D eigenvalue weighted by Gasteiger charge is -2.27. The summed E-state index contributed by atoms with van der Waals surface area (Å²) in [4.78, 5) is 13.7. The van der Waals surface area contributed by atoms with Crippen LogP contribution in [0.1, 0.15) is 30.9 Å². The van der Waals surface area contributed by atoms with E-state index in [0.717, 1.165) is 50.6 Å². The van der Waals surface area contributed by atoms with Crippen LogP contribution in [-0.2, 0) is 4.79 Å². The van der Waals surface area contributed by atoms with E-state index < -0.39 is 17.7 Å². The number of hydrogen-bond acceptors (Lipinski definition) is 3. The molecule has 0 bridgehead atoms. The van der Waals surface area contributed by atoms with Crippen molar-refractivity contribution in [1.29, 1.82) is 0 Å². The molecule has 0 aliphatic carbocycles. The van der Waals surface area contributed by atoms with Crippen LogP contribution in [-0.4, -0.2) is 42.1 Å². The number of aliphatic hydroxyl groups is 1. The Morgan fingerprint density at radius 1 is 1.29 bits per heavy atom. The summed E-state index contributed by atoms with van der Waals surface area (Å²) in [7, 11) is 0. The molecule has 1 atom stereocenters. The molecule has 2 N–H and O–H groups in total. The molecule has 0 aromatic heterocycles. The molecule has 116 valence electrons. The van der Waals surface area contributed by atoms with Gasteiger partial charge in [0.1, 0.15) is 11.6 Å². The SMILES string of the molecule is O=C(CNCC(O)c1cc(F)ccc1F)N1CCCCC1. The molecule has 1 aliphatic rings. The summed E-state index contributed by atoms with van der Waals surface area (Å²) in [6.07, 6.45) is 2.00. The zero-order valence-corrected chi connectivity index (χ0v) is 11.8. The molecule has 1 aromatic rings. The van der Waals surface area contributed by atoms with E-state index >= 15 is 0 Å². The topological polar surface area (TPSA) is 52.6 Å². The lowest BCUT2D eigenvalue weighted by atomic mass is 10.1. The van der Waals surface area contributed by atoms with E-state index in [1.807, 2.05) is 0 Å². The molecule has 4 nitrogen and oxygen atoms in total. The van der Waals surface area contributed by atoms with E-state index in [-0.39, 0.29) is 24.6 Å². The minimum atomic E-state index is -1.19. The van der Waals surface area contributed by atoms with Crippen LogP contribution in [0.25, 0.3) is 0 Å². The van der Waals surface area contributed by atoms with Crippen LogP contribution in [0, 0.1) is 11.6 Å². The van der Waals surface area contributed by atoms with E-state index in [9.17, 15) is 18.7 Å². The third kappa shape index (κ3) is 4.47. The quantitative estimate of drug-likeness (QED) is 0.868. The first-order valence-corrected chi connectivity index (χ1v) is 7.19. The third-order valence-corrected chi connectivity index (χ3v) is 3.64. The Kier molecular flexibility index (Phi) is 5.64. The molecule has 0 radical (unpaired) electrons. The molecule has 1 amide bonds. The Hall–Kier alpha value is -1.53. The van der Waals surface area contributed by atoms with Crippen molar-refractivity contribution < 1.29 is 18.7 Å². The maximum absolute atomic E-state index is 13.5. The Bertz CT molecular complexity index is 491. The van der Waals surface area contributed by atoms with Gasteiger partial charge in [0.25, 0.3) is 0 Å². The smallest absolute Gasteiger partial charge is 0.236 e. The lowest BCUT2D eigenvalue weighted by molar-refractivity contribution is -0.131. The number of carbonyl (C=O) groups excluding carboxylic acids is 1. The van der Waals surface area contributed by atoms with E-state index in [4.69, 9.17) is 0 Å². The second kappa shape index (κ2) is 7.47. The van der Waals surface area contributed by atoms with Gasteiger partial charge in [0, 0.05) is 25.2 Å². The lowest BCUT2D eigenvalue weighted by Crippen LogP contribution is -2.41. The molecule has 0 saturated carbocycles. The predicted molar refractivity (Wildman–Crippen MR) is 74.6 cm³/mol. The standard InChI is InChI=1S/C15H20F2N2O2/c16-11-4-5-13(17)12(8-11)14(20)9-18-10-15(21)19-6-2-1-3-7-19/h4-5,8,14,18,20H,1-3,6-7,9-10H2. The molecule has 1 saturated heterocycles. The number of carbonyl (C=O) groups is 1. The fraction of sp³-hybridized carbons (Fsp3) is 0.533. The average Bonchev–Trinajstić information content (AvgIpc) is 2.50. The highest BCUT2D eigenvalue weighted by Crippen LogP contribution is 2.17. The number of likely N-dealkylation sites (tertiary alicyclic amines) is 1. The van der Waals surface area contributed by atoms with E-state index in [1.54, 1.807) is 4.90 Å². The van der Waals surface area contributed by atoms with Crippen LogP contribution in [0.4, 0.5) is 8.78 Å². The fourth-order valence-electron chi connectivity index (χ4n) is 2.45. The van der Waals surface area contributed by atoms with Gasteiger partial charge >= 0.3 is 0 Å². The summed E-state index contributed by atoms with van der Waals surface area (Å²) in [5.74, 6) is -1.29. The van der Waals surface area contributed by atoms with Crippen LogP contribution in [0.15, 0.2) is 18.2 Å². The molecule has 6 heteroatoms. The maximum atomic E-state index is 13.5. The Balaban J connectivity index is 1.79. The summed E-state index contributed by atoms with van der Waals surface area (Å²) in [6, 6.07) is 2.94. The molecule has 1 aromatic carbocycles. The number of hydrogen-bond donors (Lipinski definition) is 2. The molecule has 2 rings (SSSR count). The molecule has 1 unspecified atom stereocenters. The third-order valence-electron chi connectivity index (χ3n) is 3.64. The van der Waals surface area contributed by atoms with Crippen LogP contribution in [0.5, 0.6) is 0 Å². The average molecular weight is 298 g/mol. The van der Waals surface area contributed by atoms with E-state index in [2.05, 4.69) is 5.32 Å². The monoisotopic (exact) mass is 298 g/mol. The minimum Gasteiger partial charge on any atom is -0.387 e. The summed E-state index contributed by atoms with van der Waals surface area (Å²) in [5.41, 5.74) is -0.104. The summed E-state index contributed by atoms with van der Waals surface area (Å²) in [6.45, 7) is 1.62. The van der Waals surface area contributed by atoms with Crippen LogP contribution < -0.4 is 5.32 Å². The molecule has 1 heterocycles. The van der Waals surface area contributed by atoms with Gasteiger partial charge in [-0.15, -0.1) is 0 Å². The van der Waals surface area contributed by atoms with Gasteiger partial charge in [0.05, 0.1) is 12.6 Å². The first kappa shape index (κ1) is 15.9. The van der Waals surface area contributed by atoms with E-state index in [0.29, 0.717) is 0 Å². The van der Waals surface area contributed by atoms with Gasteiger partial charge < -0.3 is 15.3 Å². The predicted octanol–water partition coefficient (Wildman–Crippen LogP) is 1.60. The second-order valence-electron chi connectivity index (χ2n) is 5.25. The Labute approximate surface area is 122 Å². The van der Waals surface area contributed by atoms with Gasteiger partial charge in [-0.3, -0.25) is 4.79 Å². The van der Waals surface area contributed by atoms with Crippen molar-refractivity contribution in [2.75, 3.05) is 26.2 Å². The fourth-order valence-corrected chi connectivity index (χ4v) is 2.45. The summed E-state index contributed by atoms with van der Waals surface area (Å²) in [5, 5.41) is 12.7. The number of halogens is 2. The maximum Gasteiger partial charge on any atom is 0.236 e. The number of nitrogens with one attached hydrogen (secondary N) is 1. The number of piperidine rings is 1. The normalized spacial score (nSPS) is 16.8. The van der Waals surface area contributed by atoms with Crippen molar-refractivity contribution in [3.63, 3.8) is 0 Å². The van der Waals surface area contributed by atoms with Gasteiger partial charge in [-0.25, -0.2) is 8.78 Å². The molecule has 1 aliphatic heterocycles. The molecule has 21 heavy (non-hydrogen) atoms. The van der Waals surface area contributed by atoms with Gasteiger partial charge in [-0.1, -0.05) is 0 Å². The number of nitrogens with zero attached hydrogens (tertiary/aromatic N) is 1. The van der Waals surface area contributed by atoms with Crippen LogP contribution in [0.3, 0.4) is 0 Å². The Morgan fingerprint density at radius 3 is 2.71 bits per heavy atom. The van der Waals surface area contributed by atoms with Gasteiger partial charge in [0.15, 0.2) is 0 Å². The number of rotatable bonds is 5. The van der Waals surface area contributed by atoms with E-state index in [1.165, 1.54) is 0 Å². The van der Waals surface area contributed by atoms with Gasteiger partial charge in [0.2, 0.25) is 5.91 Å². The van der Waals surface area contributed by atoms with Crippen molar-refractivity contribution in [1.82, 2.24) is 10.2 Å². The molecular formula is C15H20F2N2O2. The zero-order chi connectivity index (χ0) is 15.2. The largest absolute Gasteiger partial charge is 0.387 e. The molecule has 0 spiro atoms.